The lowest BCUT2D eigenvalue weighted by Crippen LogP contribution is -2.48. The standard InChI is InChI=1S/C12H17N3O4/c1-2-3-8-6-9(14-13-8)11(16)15-4-5-19-10(7-15)12(17)18/h6,10H,2-5,7H2,1H3,(H,13,14)(H,17,18)/t10-/m0/s1. The minimum atomic E-state index is -1.05. The van der Waals surface area contributed by atoms with Gasteiger partial charge in [-0.3, -0.25) is 9.89 Å². The number of nitrogens with one attached hydrogen (secondary N) is 1. The number of H-pyrrole nitrogens is 1. The Morgan fingerprint density at radius 3 is 3.11 bits per heavy atom. The van der Waals surface area contributed by atoms with E-state index in [1.165, 1.54) is 4.90 Å². The molecular formula is C12H17N3O4. The summed E-state index contributed by atoms with van der Waals surface area (Å²) >= 11 is 0. The molecule has 0 aromatic carbocycles. The second-order valence-electron chi connectivity index (χ2n) is 4.48. The average Bonchev–Trinajstić information content (AvgIpc) is 2.87. The van der Waals surface area contributed by atoms with Crippen LogP contribution in [0.25, 0.3) is 0 Å². The SMILES string of the molecule is CCCc1cc(C(=O)N2CCO[C@H](C(=O)O)C2)n[nH]1. The van der Waals surface area contributed by atoms with Crippen molar-refractivity contribution in [2.75, 3.05) is 19.7 Å². The van der Waals surface area contributed by atoms with Gasteiger partial charge >= 0.3 is 5.97 Å². The summed E-state index contributed by atoms with van der Waals surface area (Å²) in [6.45, 7) is 2.72. The number of aromatic nitrogens is 2. The molecule has 1 aromatic rings. The van der Waals surface area contributed by atoms with E-state index in [1.54, 1.807) is 6.07 Å². The number of aliphatic carboxylic acids is 1. The van der Waals surface area contributed by atoms with E-state index in [2.05, 4.69) is 10.2 Å². The van der Waals surface area contributed by atoms with Gasteiger partial charge in [-0.2, -0.15) is 5.10 Å². The first-order valence-electron chi connectivity index (χ1n) is 6.29. The number of carboxylic acids is 1. The van der Waals surface area contributed by atoms with E-state index in [1.807, 2.05) is 6.92 Å². The van der Waals surface area contributed by atoms with Crippen molar-refractivity contribution in [3.8, 4) is 0 Å². The van der Waals surface area contributed by atoms with Crippen LogP contribution in [0.1, 0.15) is 29.5 Å². The molecule has 0 radical (unpaired) electrons. The van der Waals surface area contributed by atoms with Gasteiger partial charge in [0.2, 0.25) is 0 Å². The summed E-state index contributed by atoms with van der Waals surface area (Å²) in [6, 6.07) is 1.72. The van der Waals surface area contributed by atoms with E-state index >= 15 is 0 Å². The Labute approximate surface area is 110 Å². The highest BCUT2D eigenvalue weighted by Gasteiger charge is 2.30. The van der Waals surface area contributed by atoms with Crippen LogP contribution < -0.4 is 0 Å². The number of carbonyl (C=O) groups is 2. The van der Waals surface area contributed by atoms with Crippen molar-refractivity contribution >= 4 is 11.9 Å². The second-order valence-corrected chi connectivity index (χ2v) is 4.48. The second kappa shape index (κ2) is 5.83. The summed E-state index contributed by atoms with van der Waals surface area (Å²) in [5.74, 6) is -1.31. The minimum absolute atomic E-state index is 0.0597. The molecule has 2 N–H and O–H groups in total. The monoisotopic (exact) mass is 267 g/mol. The summed E-state index contributed by atoms with van der Waals surface area (Å²) in [7, 11) is 0. The van der Waals surface area contributed by atoms with E-state index in [0.717, 1.165) is 18.5 Å². The van der Waals surface area contributed by atoms with Gasteiger partial charge in [-0.1, -0.05) is 13.3 Å². The smallest absolute Gasteiger partial charge is 0.334 e. The maximum Gasteiger partial charge on any atom is 0.334 e. The first-order chi connectivity index (χ1) is 9.11. The van der Waals surface area contributed by atoms with Gasteiger partial charge in [0.05, 0.1) is 13.2 Å². The van der Waals surface area contributed by atoms with Crippen molar-refractivity contribution in [3.05, 3.63) is 17.5 Å². The molecule has 1 amide bonds. The number of aromatic amines is 1. The lowest BCUT2D eigenvalue weighted by molar-refractivity contribution is -0.154. The molecule has 1 saturated heterocycles. The number of hydrogen-bond donors (Lipinski definition) is 2. The summed E-state index contributed by atoms with van der Waals surface area (Å²) in [5.41, 5.74) is 1.24. The van der Waals surface area contributed by atoms with Gasteiger partial charge in [0.15, 0.2) is 6.10 Å². The molecule has 7 heteroatoms. The Balaban J connectivity index is 2.03. The predicted molar refractivity (Wildman–Crippen MR) is 65.9 cm³/mol. The fourth-order valence-corrected chi connectivity index (χ4v) is 2.01. The van der Waals surface area contributed by atoms with Crippen LogP contribution in [0.5, 0.6) is 0 Å². The number of carboxylic acid groups (broad SMARTS) is 1. The highest BCUT2D eigenvalue weighted by molar-refractivity contribution is 5.92. The van der Waals surface area contributed by atoms with E-state index in [-0.39, 0.29) is 19.1 Å². The third kappa shape index (κ3) is 3.11. The van der Waals surface area contributed by atoms with Crippen LogP contribution in [0, 0.1) is 0 Å². The first kappa shape index (κ1) is 13.5. The maximum atomic E-state index is 12.2. The lowest BCUT2D eigenvalue weighted by atomic mass is 10.2. The Morgan fingerprint density at radius 1 is 1.63 bits per heavy atom. The number of morpholine rings is 1. The molecule has 1 aliphatic heterocycles. The van der Waals surface area contributed by atoms with Crippen molar-refractivity contribution in [3.63, 3.8) is 0 Å². The van der Waals surface area contributed by atoms with Gasteiger partial charge in [-0.25, -0.2) is 4.79 Å². The molecule has 0 aliphatic carbocycles. The quantitative estimate of drug-likeness (QED) is 0.817. The third-order valence-electron chi connectivity index (χ3n) is 3.00. The van der Waals surface area contributed by atoms with E-state index in [4.69, 9.17) is 9.84 Å². The number of carbonyl (C=O) groups excluding carboxylic acids is 1. The van der Waals surface area contributed by atoms with Gasteiger partial charge in [-0.05, 0) is 12.5 Å². The van der Waals surface area contributed by atoms with Crippen molar-refractivity contribution in [1.82, 2.24) is 15.1 Å². The molecule has 0 saturated carbocycles. The van der Waals surface area contributed by atoms with Gasteiger partial charge in [0.1, 0.15) is 5.69 Å². The van der Waals surface area contributed by atoms with Crippen molar-refractivity contribution in [2.45, 2.75) is 25.9 Å². The predicted octanol–water partition coefficient (Wildman–Crippen LogP) is 0.288. The number of amides is 1. The largest absolute Gasteiger partial charge is 0.479 e. The summed E-state index contributed by atoms with van der Waals surface area (Å²) in [4.78, 5) is 24.5. The highest BCUT2D eigenvalue weighted by Crippen LogP contribution is 2.11. The Kier molecular flexibility index (Phi) is 4.16. The zero-order valence-electron chi connectivity index (χ0n) is 10.8. The van der Waals surface area contributed by atoms with E-state index in [9.17, 15) is 9.59 Å². The maximum absolute atomic E-state index is 12.2. The zero-order chi connectivity index (χ0) is 13.8. The first-order valence-corrected chi connectivity index (χ1v) is 6.29. The van der Waals surface area contributed by atoms with Crippen LogP contribution in [0.15, 0.2) is 6.07 Å². The Bertz CT molecular complexity index is 471. The molecule has 1 aromatic heterocycles. The molecule has 1 fully saturated rings. The molecule has 0 bridgehead atoms. The van der Waals surface area contributed by atoms with Crippen molar-refractivity contribution < 1.29 is 19.4 Å². The van der Waals surface area contributed by atoms with Gasteiger partial charge in [-0.15, -0.1) is 0 Å². The zero-order valence-corrected chi connectivity index (χ0v) is 10.8. The molecular weight excluding hydrogens is 250 g/mol. The average molecular weight is 267 g/mol. The molecule has 2 rings (SSSR count). The number of nitrogens with zero attached hydrogens (tertiary/aromatic N) is 2. The molecule has 19 heavy (non-hydrogen) atoms. The molecule has 1 aliphatic rings. The molecule has 2 heterocycles. The van der Waals surface area contributed by atoms with Crippen LogP contribution in [0.3, 0.4) is 0 Å². The summed E-state index contributed by atoms with van der Waals surface area (Å²) < 4.78 is 5.08. The minimum Gasteiger partial charge on any atom is -0.479 e. The van der Waals surface area contributed by atoms with E-state index < -0.39 is 12.1 Å². The number of hydrogen-bond acceptors (Lipinski definition) is 4. The van der Waals surface area contributed by atoms with Crippen LogP contribution in [-0.2, 0) is 16.0 Å². The van der Waals surface area contributed by atoms with Gasteiger partial charge in [0, 0.05) is 12.2 Å². The fourth-order valence-electron chi connectivity index (χ4n) is 2.01. The molecule has 0 spiro atoms. The van der Waals surface area contributed by atoms with Crippen LogP contribution >= 0.6 is 0 Å². The summed E-state index contributed by atoms with van der Waals surface area (Å²) in [6.07, 6.45) is 0.849. The number of ether oxygens (including phenoxy) is 1. The molecule has 7 nitrogen and oxygen atoms in total. The summed E-state index contributed by atoms with van der Waals surface area (Å²) in [5, 5.41) is 15.7. The van der Waals surface area contributed by atoms with Crippen LogP contribution in [-0.4, -0.2) is 57.9 Å². The molecule has 1 atom stereocenters. The number of rotatable bonds is 4. The van der Waals surface area contributed by atoms with Crippen molar-refractivity contribution in [1.29, 1.82) is 0 Å². The third-order valence-corrected chi connectivity index (χ3v) is 3.00. The van der Waals surface area contributed by atoms with Crippen molar-refractivity contribution in [2.24, 2.45) is 0 Å². The lowest BCUT2D eigenvalue weighted by Gasteiger charge is -2.30. The van der Waals surface area contributed by atoms with E-state index in [0.29, 0.717) is 12.2 Å². The molecule has 104 valence electrons. The van der Waals surface area contributed by atoms with Gasteiger partial charge in [0.25, 0.3) is 5.91 Å². The number of aryl methyl sites for hydroxylation is 1. The topological polar surface area (TPSA) is 95.5 Å². The fraction of sp³-hybridized carbons (Fsp3) is 0.583. The van der Waals surface area contributed by atoms with Gasteiger partial charge < -0.3 is 14.7 Å². The molecule has 0 unspecified atom stereocenters. The van der Waals surface area contributed by atoms with Crippen LogP contribution in [0.4, 0.5) is 0 Å². The Morgan fingerprint density at radius 2 is 2.42 bits per heavy atom. The Hall–Kier alpha value is -1.89. The normalized spacial score (nSPS) is 19.4. The highest BCUT2D eigenvalue weighted by atomic mass is 16.5. The van der Waals surface area contributed by atoms with Crippen LogP contribution in [0.2, 0.25) is 0 Å².